The first-order valence-corrected chi connectivity index (χ1v) is 10.9. The van der Waals surface area contributed by atoms with Crippen molar-refractivity contribution in [2.75, 3.05) is 18.0 Å². The zero-order valence-electron chi connectivity index (χ0n) is 16.7. The maximum absolute atomic E-state index is 13.4. The van der Waals surface area contributed by atoms with Crippen molar-refractivity contribution >= 4 is 27.6 Å². The van der Waals surface area contributed by atoms with Crippen LogP contribution in [0.1, 0.15) is 21.5 Å². The third kappa shape index (κ3) is 3.62. The van der Waals surface area contributed by atoms with E-state index in [9.17, 15) is 13.2 Å². The molecule has 0 unspecified atom stereocenters. The summed E-state index contributed by atoms with van der Waals surface area (Å²) in [7, 11) is -2.25. The first kappa shape index (κ1) is 19.9. The van der Waals surface area contributed by atoms with Crippen LogP contribution in [0, 0.1) is 6.92 Å². The fourth-order valence-electron chi connectivity index (χ4n) is 3.43. The summed E-state index contributed by atoms with van der Waals surface area (Å²) in [4.78, 5) is 13.3. The third-order valence-electron chi connectivity index (χ3n) is 5.09. The molecule has 0 bridgehead atoms. The maximum Gasteiger partial charge on any atom is 0.264 e. The molecule has 5 nitrogen and oxygen atoms in total. The number of hydrogen-bond acceptors (Lipinski definition) is 4. The molecule has 152 valence electrons. The lowest BCUT2D eigenvalue weighted by molar-refractivity contribution is 0.103. The fraction of sp³-hybridized carbons (Fsp3) is 0.125. The van der Waals surface area contributed by atoms with E-state index in [0.717, 1.165) is 11.1 Å². The van der Waals surface area contributed by atoms with Crippen LogP contribution in [0.4, 0.5) is 5.69 Å². The monoisotopic (exact) mass is 419 g/mol. The smallest absolute Gasteiger partial charge is 0.264 e. The molecule has 3 aromatic carbocycles. The molecule has 6 heteroatoms. The number of ketones is 1. The van der Waals surface area contributed by atoms with E-state index in [4.69, 9.17) is 4.74 Å². The van der Waals surface area contributed by atoms with Crippen molar-refractivity contribution in [3.8, 4) is 5.75 Å². The van der Waals surface area contributed by atoms with Gasteiger partial charge in [0.05, 0.1) is 24.2 Å². The van der Waals surface area contributed by atoms with E-state index in [1.54, 1.807) is 73.8 Å². The van der Waals surface area contributed by atoms with Crippen LogP contribution < -0.4 is 9.04 Å². The number of Topliss-reactive ketones (excluding diaryl/α,β-unsaturated/α-hetero) is 1. The SMILES string of the molecule is COc1ccc(/C=C2\CN(S(=O)(=O)c3ccc(C)cc3)c3ccccc3C2=O)cc1. The van der Waals surface area contributed by atoms with Gasteiger partial charge in [-0.05, 0) is 55.0 Å². The van der Waals surface area contributed by atoms with Crippen LogP contribution in [-0.4, -0.2) is 27.9 Å². The average molecular weight is 420 g/mol. The van der Waals surface area contributed by atoms with E-state index in [-0.39, 0.29) is 17.2 Å². The second kappa shape index (κ2) is 7.80. The zero-order chi connectivity index (χ0) is 21.3. The summed E-state index contributed by atoms with van der Waals surface area (Å²) in [5.41, 5.74) is 2.96. The fourth-order valence-corrected chi connectivity index (χ4v) is 4.89. The summed E-state index contributed by atoms with van der Waals surface area (Å²) < 4.78 is 33.3. The highest BCUT2D eigenvalue weighted by Gasteiger charge is 2.34. The minimum atomic E-state index is -3.83. The zero-order valence-corrected chi connectivity index (χ0v) is 17.5. The molecule has 0 saturated carbocycles. The molecule has 0 aliphatic carbocycles. The molecule has 3 aromatic rings. The molecule has 1 aliphatic rings. The summed E-state index contributed by atoms with van der Waals surface area (Å²) in [6, 6.07) is 20.8. The van der Waals surface area contributed by atoms with Gasteiger partial charge in [0.2, 0.25) is 0 Å². The van der Waals surface area contributed by atoms with E-state index >= 15 is 0 Å². The number of hydrogen-bond donors (Lipinski definition) is 0. The van der Waals surface area contributed by atoms with Crippen molar-refractivity contribution in [1.29, 1.82) is 0 Å². The van der Waals surface area contributed by atoms with Gasteiger partial charge in [0, 0.05) is 11.1 Å². The summed E-state index contributed by atoms with van der Waals surface area (Å²) in [5.74, 6) is 0.540. The minimum Gasteiger partial charge on any atom is -0.497 e. The first-order chi connectivity index (χ1) is 14.4. The Labute approximate surface area is 176 Å². The van der Waals surface area contributed by atoms with Crippen molar-refractivity contribution in [3.63, 3.8) is 0 Å². The normalized spacial score (nSPS) is 15.2. The Morgan fingerprint density at radius 2 is 1.60 bits per heavy atom. The molecule has 0 N–H and O–H groups in total. The van der Waals surface area contributed by atoms with Crippen molar-refractivity contribution < 1.29 is 17.9 Å². The van der Waals surface area contributed by atoms with Crippen molar-refractivity contribution in [3.05, 3.63) is 95.1 Å². The molecular weight excluding hydrogens is 398 g/mol. The van der Waals surface area contributed by atoms with Crippen LogP contribution in [0.3, 0.4) is 0 Å². The Hall–Kier alpha value is -3.38. The van der Waals surface area contributed by atoms with Crippen LogP contribution in [0.2, 0.25) is 0 Å². The third-order valence-corrected chi connectivity index (χ3v) is 6.86. The number of carbonyl (C=O) groups is 1. The predicted molar refractivity (Wildman–Crippen MR) is 117 cm³/mol. The Kier molecular flexibility index (Phi) is 5.18. The van der Waals surface area contributed by atoms with Crippen LogP contribution in [0.15, 0.2) is 83.3 Å². The van der Waals surface area contributed by atoms with Crippen LogP contribution in [0.5, 0.6) is 5.75 Å². The number of para-hydroxylation sites is 1. The highest BCUT2D eigenvalue weighted by molar-refractivity contribution is 7.92. The van der Waals surface area contributed by atoms with E-state index in [1.807, 2.05) is 19.1 Å². The van der Waals surface area contributed by atoms with Gasteiger partial charge in [-0.15, -0.1) is 0 Å². The first-order valence-electron chi connectivity index (χ1n) is 9.48. The molecule has 0 fully saturated rings. The van der Waals surface area contributed by atoms with Gasteiger partial charge in [-0.25, -0.2) is 8.42 Å². The number of fused-ring (bicyclic) bond motifs is 1. The van der Waals surface area contributed by atoms with Gasteiger partial charge in [-0.2, -0.15) is 0 Å². The second-order valence-electron chi connectivity index (χ2n) is 7.11. The number of ether oxygens (including phenoxy) is 1. The number of benzene rings is 3. The minimum absolute atomic E-state index is 0.0297. The van der Waals surface area contributed by atoms with Crippen molar-refractivity contribution in [2.45, 2.75) is 11.8 Å². The lowest BCUT2D eigenvalue weighted by Gasteiger charge is -2.31. The van der Waals surface area contributed by atoms with Crippen molar-refractivity contribution in [2.24, 2.45) is 0 Å². The van der Waals surface area contributed by atoms with Gasteiger partial charge in [-0.1, -0.05) is 42.0 Å². The Morgan fingerprint density at radius 3 is 2.27 bits per heavy atom. The largest absolute Gasteiger partial charge is 0.497 e. The molecule has 0 spiro atoms. The lowest BCUT2D eigenvalue weighted by atomic mass is 9.96. The highest BCUT2D eigenvalue weighted by atomic mass is 32.2. The molecule has 1 heterocycles. The Bertz CT molecular complexity index is 1230. The number of anilines is 1. The van der Waals surface area contributed by atoms with Gasteiger partial charge in [0.25, 0.3) is 10.0 Å². The molecule has 0 atom stereocenters. The molecule has 0 saturated heterocycles. The molecule has 0 radical (unpaired) electrons. The Balaban J connectivity index is 1.80. The second-order valence-corrected chi connectivity index (χ2v) is 8.98. The van der Waals surface area contributed by atoms with Crippen LogP contribution >= 0.6 is 0 Å². The summed E-state index contributed by atoms with van der Waals surface area (Å²) in [6.07, 6.45) is 1.73. The van der Waals surface area contributed by atoms with Gasteiger partial charge >= 0.3 is 0 Å². The number of rotatable bonds is 4. The number of methoxy groups -OCH3 is 1. The van der Waals surface area contributed by atoms with Crippen LogP contribution in [-0.2, 0) is 10.0 Å². The number of nitrogens with zero attached hydrogens (tertiary/aromatic N) is 1. The predicted octanol–water partition coefficient (Wildman–Crippen LogP) is 4.48. The van der Waals surface area contributed by atoms with E-state index in [1.165, 1.54) is 4.31 Å². The summed E-state index contributed by atoms with van der Waals surface area (Å²) in [6.45, 7) is 1.87. The average Bonchev–Trinajstić information content (AvgIpc) is 2.76. The van der Waals surface area contributed by atoms with E-state index in [0.29, 0.717) is 22.6 Å². The van der Waals surface area contributed by atoms with Gasteiger partial charge in [0.15, 0.2) is 5.78 Å². The number of sulfonamides is 1. The topological polar surface area (TPSA) is 63.7 Å². The quantitative estimate of drug-likeness (QED) is 0.585. The lowest BCUT2D eigenvalue weighted by Crippen LogP contribution is -2.38. The van der Waals surface area contributed by atoms with Crippen molar-refractivity contribution in [1.82, 2.24) is 0 Å². The standard InChI is InChI=1S/C24H21NO4S/c1-17-7-13-21(14-8-17)30(27,28)25-16-19(15-18-9-11-20(29-2)12-10-18)24(26)22-5-3-4-6-23(22)25/h3-15H,16H2,1-2H3/b19-15+. The maximum atomic E-state index is 13.4. The van der Waals surface area contributed by atoms with Crippen LogP contribution in [0.25, 0.3) is 6.08 Å². The molecule has 30 heavy (non-hydrogen) atoms. The van der Waals surface area contributed by atoms with Gasteiger partial charge < -0.3 is 4.74 Å². The summed E-state index contributed by atoms with van der Waals surface area (Å²) in [5, 5.41) is 0. The molecule has 0 aromatic heterocycles. The van der Waals surface area contributed by atoms with E-state index in [2.05, 4.69) is 0 Å². The van der Waals surface area contributed by atoms with Gasteiger partial charge in [-0.3, -0.25) is 9.10 Å². The highest BCUT2D eigenvalue weighted by Crippen LogP contribution is 2.34. The molecule has 4 rings (SSSR count). The molecular formula is C24H21NO4S. The molecule has 1 aliphatic heterocycles. The number of carbonyl (C=O) groups excluding carboxylic acids is 1. The number of aryl methyl sites for hydroxylation is 1. The van der Waals surface area contributed by atoms with E-state index < -0.39 is 10.0 Å². The Morgan fingerprint density at radius 1 is 0.933 bits per heavy atom. The summed E-state index contributed by atoms with van der Waals surface area (Å²) >= 11 is 0. The van der Waals surface area contributed by atoms with Gasteiger partial charge in [0.1, 0.15) is 5.75 Å². The molecule has 0 amide bonds.